The van der Waals surface area contributed by atoms with E-state index in [1.807, 2.05) is 49.7 Å². The molecule has 2 aromatic heterocycles. The smallest absolute Gasteiger partial charge is 0.256 e. The lowest BCUT2D eigenvalue weighted by atomic mass is 10.0. The molecule has 2 N–H and O–H groups in total. The molecule has 34 heavy (non-hydrogen) atoms. The number of aryl methyl sites for hydroxylation is 1. The molecule has 174 valence electrons. The average molecular weight is 458 g/mol. The second-order valence-corrected chi connectivity index (χ2v) is 8.39. The van der Waals surface area contributed by atoms with Gasteiger partial charge < -0.3 is 15.4 Å². The van der Waals surface area contributed by atoms with E-state index < -0.39 is 0 Å². The van der Waals surface area contributed by atoms with Gasteiger partial charge in [-0.2, -0.15) is 5.10 Å². The van der Waals surface area contributed by atoms with Gasteiger partial charge in [0.2, 0.25) is 5.91 Å². The molecule has 0 fully saturated rings. The maximum Gasteiger partial charge on any atom is 0.256 e. The Balaban J connectivity index is 1.81. The Morgan fingerprint density at radius 2 is 1.76 bits per heavy atom. The minimum Gasteiger partial charge on any atom is -0.495 e. The van der Waals surface area contributed by atoms with Crippen molar-refractivity contribution in [1.29, 1.82) is 0 Å². The average Bonchev–Trinajstić information content (AvgIpc) is 3.23. The third-order valence-corrected chi connectivity index (χ3v) is 5.42. The topological polar surface area (TPSA) is 98.1 Å². The summed E-state index contributed by atoms with van der Waals surface area (Å²) < 4.78 is 7.22. The number of hydrogen-bond acceptors (Lipinski definition) is 5. The first-order valence-corrected chi connectivity index (χ1v) is 11.0. The number of fused-ring (bicyclic) bond motifs is 1. The Hall–Kier alpha value is -4.20. The summed E-state index contributed by atoms with van der Waals surface area (Å²) in [5, 5.41) is 10.8. The van der Waals surface area contributed by atoms with Crippen molar-refractivity contribution in [2.45, 2.75) is 33.7 Å². The molecule has 2 amide bonds. The number of carbonyl (C=O) groups excluding carboxylic acids is 2. The molecular weight excluding hydrogens is 430 g/mol. The number of carbonyl (C=O) groups is 2. The van der Waals surface area contributed by atoms with E-state index in [-0.39, 0.29) is 17.9 Å². The first-order chi connectivity index (χ1) is 16.3. The number of nitrogens with one attached hydrogen (secondary N) is 2. The van der Waals surface area contributed by atoms with E-state index in [0.29, 0.717) is 39.4 Å². The molecule has 8 heteroatoms. The number of anilines is 2. The summed E-state index contributed by atoms with van der Waals surface area (Å²) in [4.78, 5) is 29.8. The molecule has 0 bridgehead atoms. The molecule has 0 aliphatic rings. The predicted octanol–water partition coefficient (Wildman–Crippen LogP) is 5.21. The summed E-state index contributed by atoms with van der Waals surface area (Å²) in [5.41, 5.74) is 4.80. The van der Waals surface area contributed by atoms with Crippen molar-refractivity contribution in [3.8, 4) is 17.0 Å². The van der Waals surface area contributed by atoms with Gasteiger partial charge in [-0.1, -0.05) is 29.8 Å². The molecule has 4 rings (SSSR count). The van der Waals surface area contributed by atoms with E-state index in [2.05, 4.69) is 15.7 Å². The Morgan fingerprint density at radius 1 is 1.03 bits per heavy atom. The van der Waals surface area contributed by atoms with Crippen LogP contribution in [0.2, 0.25) is 0 Å². The Kier molecular flexibility index (Phi) is 6.32. The highest BCUT2D eigenvalue weighted by Crippen LogP contribution is 2.31. The zero-order valence-corrected chi connectivity index (χ0v) is 19.8. The largest absolute Gasteiger partial charge is 0.495 e. The number of ether oxygens (including phenoxy) is 1. The molecule has 0 aliphatic heterocycles. The number of pyridine rings is 1. The number of nitrogens with zero attached hydrogens (tertiary/aromatic N) is 3. The molecular formula is C26H27N5O3. The van der Waals surface area contributed by atoms with Gasteiger partial charge in [0.25, 0.3) is 5.91 Å². The van der Waals surface area contributed by atoms with Crippen LogP contribution in [-0.2, 0) is 4.79 Å². The SMILES string of the molecule is COc1ccc(NC(C)=O)cc1NC(=O)c1cc(-c2ccc(C)cc2)nc2c1cnn2C(C)C. The molecule has 0 radical (unpaired) electrons. The Morgan fingerprint density at radius 3 is 2.41 bits per heavy atom. The molecule has 2 heterocycles. The number of rotatable bonds is 6. The van der Waals surface area contributed by atoms with Crippen LogP contribution in [0.5, 0.6) is 5.75 Å². The first-order valence-electron chi connectivity index (χ1n) is 11.0. The highest BCUT2D eigenvalue weighted by Gasteiger charge is 2.20. The lowest BCUT2D eigenvalue weighted by Gasteiger charge is -2.14. The molecule has 0 saturated heterocycles. The first kappa shape index (κ1) is 23.0. The highest BCUT2D eigenvalue weighted by atomic mass is 16.5. The van der Waals surface area contributed by atoms with Crippen molar-refractivity contribution in [2.24, 2.45) is 0 Å². The van der Waals surface area contributed by atoms with Crippen molar-refractivity contribution in [3.63, 3.8) is 0 Å². The van der Waals surface area contributed by atoms with Gasteiger partial charge in [0.1, 0.15) is 5.75 Å². The van der Waals surface area contributed by atoms with E-state index in [1.54, 1.807) is 30.5 Å². The highest BCUT2D eigenvalue weighted by molar-refractivity contribution is 6.13. The van der Waals surface area contributed by atoms with E-state index in [0.717, 1.165) is 11.1 Å². The van der Waals surface area contributed by atoms with Gasteiger partial charge in [0.05, 0.1) is 35.6 Å². The van der Waals surface area contributed by atoms with Gasteiger partial charge in [0.15, 0.2) is 5.65 Å². The summed E-state index contributed by atoms with van der Waals surface area (Å²) in [5.74, 6) is -0.0612. The summed E-state index contributed by atoms with van der Waals surface area (Å²) in [6.45, 7) is 7.49. The van der Waals surface area contributed by atoms with Crippen molar-refractivity contribution in [2.75, 3.05) is 17.7 Å². The van der Waals surface area contributed by atoms with Crippen LogP contribution in [-0.4, -0.2) is 33.7 Å². The van der Waals surface area contributed by atoms with Crippen LogP contribution in [0.4, 0.5) is 11.4 Å². The molecule has 0 atom stereocenters. The second kappa shape index (κ2) is 9.35. The van der Waals surface area contributed by atoms with Gasteiger partial charge in [0, 0.05) is 24.2 Å². The number of benzene rings is 2. The zero-order chi connectivity index (χ0) is 24.4. The van der Waals surface area contributed by atoms with E-state index in [4.69, 9.17) is 9.72 Å². The van der Waals surface area contributed by atoms with Crippen LogP contribution in [0, 0.1) is 6.92 Å². The number of aromatic nitrogens is 3. The molecule has 0 unspecified atom stereocenters. The van der Waals surface area contributed by atoms with Crippen LogP contribution in [0.25, 0.3) is 22.3 Å². The lowest BCUT2D eigenvalue weighted by Crippen LogP contribution is -2.15. The quantitative estimate of drug-likeness (QED) is 0.414. The summed E-state index contributed by atoms with van der Waals surface area (Å²) in [6, 6.07) is 14.9. The van der Waals surface area contributed by atoms with Gasteiger partial charge in [-0.05, 0) is 45.0 Å². The molecule has 8 nitrogen and oxygen atoms in total. The monoisotopic (exact) mass is 457 g/mol. The van der Waals surface area contributed by atoms with Crippen LogP contribution < -0.4 is 15.4 Å². The summed E-state index contributed by atoms with van der Waals surface area (Å²) in [6.07, 6.45) is 1.67. The van der Waals surface area contributed by atoms with Crippen LogP contribution in [0.1, 0.15) is 42.7 Å². The molecule has 0 aliphatic carbocycles. The van der Waals surface area contributed by atoms with Gasteiger partial charge in [-0.25, -0.2) is 9.67 Å². The van der Waals surface area contributed by atoms with Crippen molar-refractivity contribution >= 4 is 34.2 Å². The van der Waals surface area contributed by atoms with Crippen molar-refractivity contribution in [1.82, 2.24) is 14.8 Å². The maximum absolute atomic E-state index is 13.5. The maximum atomic E-state index is 13.5. The number of methoxy groups -OCH3 is 1. The van der Waals surface area contributed by atoms with Crippen molar-refractivity contribution in [3.05, 3.63) is 65.9 Å². The summed E-state index contributed by atoms with van der Waals surface area (Å²) >= 11 is 0. The third kappa shape index (κ3) is 4.61. The molecule has 2 aromatic carbocycles. The molecule has 0 saturated carbocycles. The fourth-order valence-electron chi connectivity index (χ4n) is 3.73. The normalized spacial score (nSPS) is 11.0. The number of hydrogen-bond donors (Lipinski definition) is 2. The standard InChI is InChI=1S/C26H27N5O3/c1-15(2)31-25-21(14-27-31)20(13-22(29-25)18-8-6-16(3)7-9-18)26(33)30-23-12-19(28-17(4)32)10-11-24(23)34-5/h6-15H,1-5H3,(H,28,32)(H,30,33). The van der Waals surface area contributed by atoms with Crippen molar-refractivity contribution < 1.29 is 14.3 Å². The van der Waals surface area contributed by atoms with Crippen LogP contribution in [0.3, 0.4) is 0 Å². The lowest BCUT2D eigenvalue weighted by molar-refractivity contribution is -0.114. The summed E-state index contributed by atoms with van der Waals surface area (Å²) in [7, 11) is 1.52. The molecule has 4 aromatic rings. The fraction of sp³-hybridized carbons (Fsp3) is 0.231. The minimum atomic E-state index is -0.331. The van der Waals surface area contributed by atoms with E-state index >= 15 is 0 Å². The van der Waals surface area contributed by atoms with Crippen LogP contribution >= 0.6 is 0 Å². The zero-order valence-electron chi connectivity index (χ0n) is 19.8. The predicted molar refractivity (Wildman–Crippen MR) is 133 cm³/mol. The van der Waals surface area contributed by atoms with Gasteiger partial charge in [-0.15, -0.1) is 0 Å². The Labute approximate surface area is 198 Å². The minimum absolute atomic E-state index is 0.0728. The molecule has 0 spiro atoms. The van der Waals surface area contributed by atoms with E-state index in [9.17, 15) is 9.59 Å². The Bertz CT molecular complexity index is 1370. The third-order valence-electron chi connectivity index (χ3n) is 5.42. The van der Waals surface area contributed by atoms with Gasteiger partial charge >= 0.3 is 0 Å². The second-order valence-electron chi connectivity index (χ2n) is 8.39. The van der Waals surface area contributed by atoms with Gasteiger partial charge in [-0.3, -0.25) is 9.59 Å². The van der Waals surface area contributed by atoms with Crippen LogP contribution in [0.15, 0.2) is 54.7 Å². The fourth-order valence-corrected chi connectivity index (χ4v) is 3.73. The van der Waals surface area contributed by atoms with E-state index in [1.165, 1.54) is 14.0 Å². The number of amides is 2.